The smallest absolute Gasteiger partial charge is 0.330 e. The molecule has 0 rings (SSSR count). The highest BCUT2D eigenvalue weighted by Crippen LogP contribution is 2.10. The summed E-state index contributed by atoms with van der Waals surface area (Å²) in [7, 11) is 0. The summed E-state index contributed by atoms with van der Waals surface area (Å²) >= 11 is 0. The van der Waals surface area contributed by atoms with Gasteiger partial charge in [0.15, 0.2) is 0 Å². The second-order valence-electron chi connectivity index (χ2n) is 6.92. The molecule has 1 atom stereocenters. The van der Waals surface area contributed by atoms with E-state index in [1.165, 1.54) is 64.7 Å². The average molecular weight is 354 g/mol. The number of carbonyl (C=O) groups is 2. The number of esters is 2. The van der Waals surface area contributed by atoms with Gasteiger partial charge in [-0.1, -0.05) is 70.4 Å². The molecule has 0 aliphatic heterocycles. The standard InChI is InChI=1S/C21H39NO3/c1-3-4-5-6-7-8-9-10-11-12-13-14-15-16-17-18-20(23)25-21(24)19(2)22/h10-11,19H,3-9,12-18,22H2,1-2H3/b11-10-/t19-/m0/s1. The van der Waals surface area contributed by atoms with Crippen molar-refractivity contribution in [2.75, 3.05) is 0 Å². The number of nitrogens with two attached hydrogens (primary N) is 1. The van der Waals surface area contributed by atoms with E-state index in [4.69, 9.17) is 5.73 Å². The van der Waals surface area contributed by atoms with Gasteiger partial charge in [0.1, 0.15) is 6.04 Å². The molecule has 0 bridgehead atoms. The third-order valence-corrected chi connectivity index (χ3v) is 4.23. The topological polar surface area (TPSA) is 69.4 Å². The first-order chi connectivity index (χ1) is 12.1. The SMILES string of the molecule is CCCCCCCC/C=C\CCCCCCCC(=O)OC(=O)[C@H](C)N. The lowest BCUT2D eigenvalue weighted by Gasteiger charge is -2.05. The van der Waals surface area contributed by atoms with Crippen LogP contribution in [0.4, 0.5) is 0 Å². The summed E-state index contributed by atoms with van der Waals surface area (Å²) in [5.74, 6) is -1.10. The Morgan fingerprint density at radius 2 is 1.32 bits per heavy atom. The predicted octanol–water partition coefficient (Wildman–Crippen LogP) is 5.44. The minimum Gasteiger partial charge on any atom is -0.392 e. The molecule has 25 heavy (non-hydrogen) atoms. The van der Waals surface area contributed by atoms with Gasteiger partial charge in [-0.25, -0.2) is 4.79 Å². The minimum absolute atomic E-state index is 0.302. The lowest BCUT2D eigenvalue weighted by atomic mass is 10.1. The van der Waals surface area contributed by atoms with Crippen molar-refractivity contribution in [3.05, 3.63) is 12.2 Å². The highest BCUT2D eigenvalue weighted by Gasteiger charge is 2.13. The van der Waals surface area contributed by atoms with E-state index in [0.29, 0.717) is 6.42 Å². The molecule has 0 radical (unpaired) electrons. The monoisotopic (exact) mass is 353 g/mol. The zero-order valence-corrected chi connectivity index (χ0v) is 16.4. The van der Waals surface area contributed by atoms with Crippen molar-refractivity contribution < 1.29 is 14.3 Å². The summed E-state index contributed by atoms with van der Waals surface area (Å²) in [6.07, 6.45) is 20.8. The molecule has 0 aliphatic rings. The summed E-state index contributed by atoms with van der Waals surface area (Å²) in [6, 6.07) is -0.738. The fourth-order valence-electron chi connectivity index (χ4n) is 2.60. The first kappa shape index (κ1) is 23.8. The number of rotatable bonds is 16. The van der Waals surface area contributed by atoms with Gasteiger partial charge in [-0.2, -0.15) is 0 Å². The molecule has 0 fully saturated rings. The first-order valence-electron chi connectivity index (χ1n) is 10.2. The van der Waals surface area contributed by atoms with Gasteiger partial charge in [0.05, 0.1) is 0 Å². The Hall–Kier alpha value is -1.16. The molecule has 0 spiro atoms. The summed E-state index contributed by atoms with van der Waals surface area (Å²) in [5, 5.41) is 0. The molecule has 0 aromatic carbocycles. The average Bonchev–Trinajstić information content (AvgIpc) is 2.58. The molecule has 0 heterocycles. The van der Waals surface area contributed by atoms with E-state index >= 15 is 0 Å². The van der Waals surface area contributed by atoms with Crippen molar-refractivity contribution in [2.45, 2.75) is 110 Å². The molecule has 2 N–H and O–H groups in total. The Morgan fingerprint density at radius 3 is 1.84 bits per heavy atom. The van der Waals surface area contributed by atoms with Crippen LogP contribution in [0.5, 0.6) is 0 Å². The molecule has 0 aromatic heterocycles. The van der Waals surface area contributed by atoms with Crippen LogP contribution in [0, 0.1) is 0 Å². The summed E-state index contributed by atoms with van der Waals surface area (Å²) < 4.78 is 4.62. The molecule has 0 saturated carbocycles. The fourth-order valence-corrected chi connectivity index (χ4v) is 2.60. The molecule has 0 aromatic rings. The third kappa shape index (κ3) is 17.5. The van der Waals surface area contributed by atoms with Gasteiger partial charge >= 0.3 is 11.9 Å². The van der Waals surface area contributed by atoms with Crippen LogP contribution in [0.1, 0.15) is 104 Å². The summed E-state index contributed by atoms with van der Waals surface area (Å²) in [6.45, 7) is 3.76. The van der Waals surface area contributed by atoms with Gasteiger partial charge in [0.2, 0.25) is 0 Å². The number of carbonyl (C=O) groups excluding carboxylic acids is 2. The van der Waals surface area contributed by atoms with Gasteiger partial charge in [-0.05, 0) is 39.0 Å². The normalized spacial score (nSPS) is 12.4. The van der Waals surface area contributed by atoms with E-state index in [1.807, 2.05) is 0 Å². The van der Waals surface area contributed by atoms with Crippen molar-refractivity contribution in [1.29, 1.82) is 0 Å². The van der Waals surface area contributed by atoms with Gasteiger partial charge in [-0.15, -0.1) is 0 Å². The number of allylic oxidation sites excluding steroid dienone is 2. The van der Waals surface area contributed by atoms with Crippen molar-refractivity contribution in [2.24, 2.45) is 5.73 Å². The maximum absolute atomic E-state index is 11.4. The van der Waals surface area contributed by atoms with Gasteiger partial charge in [0, 0.05) is 6.42 Å². The largest absolute Gasteiger partial charge is 0.392 e. The molecule has 4 nitrogen and oxygen atoms in total. The number of ether oxygens (including phenoxy) is 1. The Bertz CT molecular complexity index is 364. The molecule has 0 aliphatic carbocycles. The third-order valence-electron chi connectivity index (χ3n) is 4.23. The molecular weight excluding hydrogens is 314 g/mol. The summed E-state index contributed by atoms with van der Waals surface area (Å²) in [5.41, 5.74) is 5.34. The van der Waals surface area contributed by atoms with E-state index < -0.39 is 18.0 Å². The molecule has 0 amide bonds. The minimum atomic E-state index is -0.738. The Morgan fingerprint density at radius 1 is 0.840 bits per heavy atom. The zero-order valence-electron chi connectivity index (χ0n) is 16.4. The van der Waals surface area contributed by atoms with Gasteiger partial charge < -0.3 is 10.5 Å². The lowest BCUT2D eigenvalue weighted by Crippen LogP contribution is -2.30. The van der Waals surface area contributed by atoms with Crippen LogP contribution in [-0.4, -0.2) is 18.0 Å². The van der Waals surface area contributed by atoms with Crippen LogP contribution in [0.2, 0.25) is 0 Å². The quantitative estimate of drug-likeness (QED) is 0.174. The second-order valence-corrected chi connectivity index (χ2v) is 6.92. The molecule has 146 valence electrons. The molecule has 0 saturated heterocycles. The highest BCUT2D eigenvalue weighted by molar-refractivity contribution is 5.87. The molecular formula is C21H39NO3. The van der Waals surface area contributed by atoms with Crippen LogP contribution < -0.4 is 5.73 Å². The lowest BCUT2D eigenvalue weighted by molar-refractivity contribution is -0.160. The van der Waals surface area contributed by atoms with E-state index in [2.05, 4.69) is 23.8 Å². The van der Waals surface area contributed by atoms with Crippen LogP contribution in [0.3, 0.4) is 0 Å². The second kappa shape index (κ2) is 17.7. The van der Waals surface area contributed by atoms with Crippen LogP contribution in [-0.2, 0) is 14.3 Å². The van der Waals surface area contributed by atoms with Crippen molar-refractivity contribution >= 4 is 11.9 Å². The van der Waals surface area contributed by atoms with E-state index in [9.17, 15) is 9.59 Å². The van der Waals surface area contributed by atoms with Crippen LogP contribution >= 0.6 is 0 Å². The Labute approximate surface area is 154 Å². The highest BCUT2D eigenvalue weighted by atomic mass is 16.6. The van der Waals surface area contributed by atoms with Crippen LogP contribution in [0.25, 0.3) is 0 Å². The maximum Gasteiger partial charge on any atom is 0.330 e. The molecule has 4 heteroatoms. The molecule has 0 unspecified atom stereocenters. The number of hydrogen-bond donors (Lipinski definition) is 1. The Balaban J connectivity index is 3.29. The Kier molecular flexibility index (Phi) is 16.8. The van der Waals surface area contributed by atoms with Gasteiger partial charge in [-0.3, -0.25) is 4.79 Å². The van der Waals surface area contributed by atoms with Crippen LogP contribution in [0.15, 0.2) is 12.2 Å². The van der Waals surface area contributed by atoms with Gasteiger partial charge in [0.25, 0.3) is 0 Å². The fraction of sp³-hybridized carbons (Fsp3) is 0.810. The van der Waals surface area contributed by atoms with E-state index in [-0.39, 0.29) is 0 Å². The van der Waals surface area contributed by atoms with E-state index in [0.717, 1.165) is 25.7 Å². The first-order valence-corrected chi connectivity index (χ1v) is 10.2. The predicted molar refractivity (Wildman–Crippen MR) is 104 cm³/mol. The summed E-state index contributed by atoms with van der Waals surface area (Å²) in [4.78, 5) is 22.5. The van der Waals surface area contributed by atoms with Crippen molar-refractivity contribution in [3.8, 4) is 0 Å². The zero-order chi connectivity index (χ0) is 18.8. The number of unbranched alkanes of at least 4 members (excludes halogenated alkanes) is 11. The van der Waals surface area contributed by atoms with E-state index in [1.54, 1.807) is 0 Å². The van der Waals surface area contributed by atoms with Crippen molar-refractivity contribution in [3.63, 3.8) is 0 Å². The maximum atomic E-state index is 11.4. The van der Waals surface area contributed by atoms with Crippen molar-refractivity contribution in [1.82, 2.24) is 0 Å². The number of hydrogen-bond acceptors (Lipinski definition) is 4.